The van der Waals surface area contributed by atoms with Crippen molar-refractivity contribution in [1.82, 2.24) is 5.32 Å². The summed E-state index contributed by atoms with van der Waals surface area (Å²) < 4.78 is 14.7. The summed E-state index contributed by atoms with van der Waals surface area (Å²) in [6.07, 6.45) is 1.81. The predicted octanol–water partition coefficient (Wildman–Crippen LogP) is 4.55. The second-order valence-electron chi connectivity index (χ2n) is 5.81. The minimum Gasteiger partial charge on any atom is -0.313 e. The minimum absolute atomic E-state index is 0.115. The molecule has 0 saturated carbocycles. The van der Waals surface area contributed by atoms with Gasteiger partial charge in [0, 0.05) is 10.5 Å². The number of benzene rings is 1. The first-order valence-corrected chi connectivity index (χ1v) is 7.31. The molecule has 1 rings (SSSR count). The third kappa shape index (κ3) is 4.69. The molecule has 0 fully saturated rings. The van der Waals surface area contributed by atoms with Gasteiger partial charge in [-0.25, -0.2) is 4.39 Å². The molecule has 0 amide bonds. The van der Waals surface area contributed by atoms with Crippen molar-refractivity contribution < 1.29 is 4.39 Å². The third-order valence-corrected chi connectivity index (χ3v) is 3.61. The highest BCUT2D eigenvalue weighted by Gasteiger charge is 2.25. The molecule has 0 aliphatic carbocycles. The van der Waals surface area contributed by atoms with Crippen LogP contribution in [0.15, 0.2) is 22.7 Å². The van der Waals surface area contributed by atoms with E-state index in [0.29, 0.717) is 0 Å². The molecule has 0 aliphatic heterocycles. The molecule has 0 heterocycles. The Morgan fingerprint density at radius 1 is 1.33 bits per heavy atom. The number of nitrogens with one attached hydrogen (secondary N) is 1. The maximum Gasteiger partial charge on any atom is 0.126 e. The highest BCUT2D eigenvalue weighted by Crippen LogP contribution is 2.25. The van der Waals surface area contributed by atoms with Gasteiger partial charge in [-0.15, -0.1) is 0 Å². The molecule has 3 heteroatoms. The molecule has 1 N–H and O–H groups in total. The molecule has 1 aromatic carbocycles. The van der Waals surface area contributed by atoms with Crippen molar-refractivity contribution in [2.75, 3.05) is 6.54 Å². The average molecular weight is 316 g/mol. The maximum atomic E-state index is 13.8. The lowest BCUT2D eigenvalue weighted by Gasteiger charge is -2.32. The van der Waals surface area contributed by atoms with Crippen LogP contribution in [-0.2, 0) is 6.42 Å². The lowest BCUT2D eigenvalue weighted by Crippen LogP contribution is -2.42. The number of rotatable bonds is 5. The van der Waals surface area contributed by atoms with Gasteiger partial charge in [0.2, 0.25) is 0 Å². The molecule has 18 heavy (non-hydrogen) atoms. The zero-order valence-corrected chi connectivity index (χ0v) is 13.3. The molecule has 0 bridgehead atoms. The van der Waals surface area contributed by atoms with Gasteiger partial charge in [0.1, 0.15) is 5.82 Å². The van der Waals surface area contributed by atoms with Crippen molar-refractivity contribution in [3.63, 3.8) is 0 Å². The van der Waals surface area contributed by atoms with E-state index in [1.54, 1.807) is 6.07 Å². The number of hydrogen-bond donors (Lipinski definition) is 1. The van der Waals surface area contributed by atoms with Gasteiger partial charge < -0.3 is 5.32 Å². The zero-order chi connectivity index (χ0) is 13.8. The van der Waals surface area contributed by atoms with Crippen LogP contribution in [0.2, 0.25) is 0 Å². The molecule has 1 atom stereocenters. The van der Waals surface area contributed by atoms with Gasteiger partial charge in [-0.3, -0.25) is 0 Å². The van der Waals surface area contributed by atoms with E-state index in [0.717, 1.165) is 29.4 Å². The third-order valence-electron chi connectivity index (χ3n) is 3.12. The van der Waals surface area contributed by atoms with Crippen LogP contribution in [0.4, 0.5) is 4.39 Å². The molecule has 102 valence electrons. The van der Waals surface area contributed by atoms with E-state index in [-0.39, 0.29) is 17.3 Å². The fraction of sp³-hybridized carbons (Fsp3) is 0.600. The fourth-order valence-electron chi connectivity index (χ4n) is 1.92. The van der Waals surface area contributed by atoms with Crippen LogP contribution < -0.4 is 5.32 Å². The second kappa shape index (κ2) is 6.67. The molecule has 0 radical (unpaired) electrons. The Labute approximate surface area is 118 Å². The monoisotopic (exact) mass is 315 g/mol. The van der Waals surface area contributed by atoms with E-state index in [2.05, 4.69) is 48.9 Å². The van der Waals surface area contributed by atoms with Crippen molar-refractivity contribution in [2.24, 2.45) is 5.41 Å². The summed E-state index contributed by atoms with van der Waals surface area (Å²) in [4.78, 5) is 0. The lowest BCUT2D eigenvalue weighted by molar-refractivity contribution is 0.265. The number of hydrogen-bond acceptors (Lipinski definition) is 1. The van der Waals surface area contributed by atoms with Crippen LogP contribution in [0.25, 0.3) is 0 Å². The SMILES string of the molecule is CCCNC(Cc1cc(Br)ccc1F)C(C)(C)C. The summed E-state index contributed by atoms with van der Waals surface area (Å²) in [7, 11) is 0. The summed E-state index contributed by atoms with van der Waals surface area (Å²) in [6.45, 7) is 9.69. The first kappa shape index (κ1) is 15.6. The molecular weight excluding hydrogens is 293 g/mol. The summed E-state index contributed by atoms with van der Waals surface area (Å²) in [5.41, 5.74) is 0.886. The Morgan fingerprint density at radius 2 is 2.00 bits per heavy atom. The van der Waals surface area contributed by atoms with E-state index in [1.807, 2.05) is 6.07 Å². The van der Waals surface area contributed by atoms with Crippen LogP contribution in [0, 0.1) is 11.2 Å². The van der Waals surface area contributed by atoms with Crippen molar-refractivity contribution in [2.45, 2.75) is 46.6 Å². The zero-order valence-electron chi connectivity index (χ0n) is 11.7. The first-order chi connectivity index (χ1) is 8.34. The Balaban J connectivity index is 2.85. The van der Waals surface area contributed by atoms with Crippen LogP contribution in [0.1, 0.15) is 39.7 Å². The van der Waals surface area contributed by atoms with Gasteiger partial charge >= 0.3 is 0 Å². The molecule has 0 aliphatic rings. The van der Waals surface area contributed by atoms with E-state index >= 15 is 0 Å². The van der Waals surface area contributed by atoms with Crippen LogP contribution >= 0.6 is 15.9 Å². The number of halogens is 2. The van der Waals surface area contributed by atoms with E-state index in [4.69, 9.17) is 0 Å². The van der Waals surface area contributed by atoms with Crippen LogP contribution in [0.5, 0.6) is 0 Å². The van der Waals surface area contributed by atoms with E-state index in [1.165, 1.54) is 6.07 Å². The quantitative estimate of drug-likeness (QED) is 0.840. The lowest BCUT2D eigenvalue weighted by atomic mass is 9.83. The summed E-state index contributed by atoms with van der Waals surface area (Å²) in [6, 6.07) is 5.42. The van der Waals surface area contributed by atoms with Gasteiger partial charge in [0.05, 0.1) is 0 Å². The van der Waals surface area contributed by atoms with Gasteiger partial charge in [0.25, 0.3) is 0 Å². The molecular formula is C15H23BrFN. The Bertz CT molecular complexity index is 385. The second-order valence-corrected chi connectivity index (χ2v) is 6.73. The smallest absolute Gasteiger partial charge is 0.126 e. The summed E-state index contributed by atoms with van der Waals surface area (Å²) in [5, 5.41) is 3.52. The summed E-state index contributed by atoms with van der Waals surface area (Å²) >= 11 is 3.40. The van der Waals surface area contributed by atoms with E-state index < -0.39 is 0 Å². The largest absolute Gasteiger partial charge is 0.313 e. The van der Waals surface area contributed by atoms with Gasteiger partial charge in [0.15, 0.2) is 0 Å². The molecule has 1 nitrogen and oxygen atoms in total. The molecule has 1 aromatic rings. The Hall–Kier alpha value is -0.410. The van der Waals surface area contributed by atoms with Crippen LogP contribution in [0.3, 0.4) is 0 Å². The average Bonchev–Trinajstić information content (AvgIpc) is 2.27. The standard InChI is InChI=1S/C15H23BrFN/c1-5-8-18-14(15(2,3)4)10-11-9-12(16)6-7-13(11)17/h6-7,9,14,18H,5,8,10H2,1-4H3. The van der Waals surface area contributed by atoms with E-state index in [9.17, 15) is 4.39 Å². The Morgan fingerprint density at radius 3 is 2.56 bits per heavy atom. The molecule has 0 aromatic heterocycles. The summed E-state index contributed by atoms with van der Waals surface area (Å²) in [5.74, 6) is -0.120. The molecule has 1 unspecified atom stereocenters. The van der Waals surface area contributed by atoms with Crippen molar-refractivity contribution in [1.29, 1.82) is 0 Å². The van der Waals surface area contributed by atoms with Gasteiger partial charge in [-0.1, -0.05) is 43.6 Å². The highest BCUT2D eigenvalue weighted by atomic mass is 79.9. The predicted molar refractivity (Wildman–Crippen MR) is 79.3 cm³/mol. The first-order valence-electron chi connectivity index (χ1n) is 6.52. The molecule has 0 spiro atoms. The highest BCUT2D eigenvalue weighted by molar-refractivity contribution is 9.10. The molecule has 0 saturated heterocycles. The fourth-order valence-corrected chi connectivity index (χ4v) is 2.33. The van der Waals surface area contributed by atoms with Gasteiger partial charge in [-0.2, -0.15) is 0 Å². The normalized spacial score (nSPS) is 13.7. The van der Waals surface area contributed by atoms with Crippen LogP contribution in [-0.4, -0.2) is 12.6 Å². The van der Waals surface area contributed by atoms with Crippen molar-refractivity contribution in [3.8, 4) is 0 Å². The maximum absolute atomic E-state index is 13.8. The van der Waals surface area contributed by atoms with Crippen molar-refractivity contribution >= 4 is 15.9 Å². The van der Waals surface area contributed by atoms with Crippen molar-refractivity contribution in [3.05, 3.63) is 34.1 Å². The topological polar surface area (TPSA) is 12.0 Å². The Kier molecular flexibility index (Phi) is 5.80. The van der Waals surface area contributed by atoms with Gasteiger partial charge in [-0.05, 0) is 48.6 Å². The minimum atomic E-state index is -0.120.